The number of H-pyrrole nitrogens is 1. The summed E-state index contributed by atoms with van der Waals surface area (Å²) in [6.45, 7) is 0.201. The fraction of sp³-hybridized carbons (Fsp3) is 0.167. The molecule has 3 N–H and O–H groups in total. The molecule has 2 heterocycles. The highest BCUT2D eigenvalue weighted by molar-refractivity contribution is 6.31. The van der Waals surface area contributed by atoms with Crippen LogP contribution >= 0.6 is 11.6 Å². The summed E-state index contributed by atoms with van der Waals surface area (Å²) in [4.78, 5) is 11.9. The number of amides is 2. The van der Waals surface area contributed by atoms with E-state index in [1.54, 1.807) is 37.5 Å². The van der Waals surface area contributed by atoms with E-state index in [0.717, 1.165) is 0 Å². The normalized spacial score (nSPS) is 15.3. The van der Waals surface area contributed by atoms with Crippen LogP contribution in [0.2, 0.25) is 5.02 Å². The number of hydrogen-bond donors (Lipinski definition) is 3. The quantitative estimate of drug-likeness (QED) is 0.796. The first-order chi connectivity index (χ1) is 10.1. The van der Waals surface area contributed by atoms with E-state index in [0.29, 0.717) is 22.2 Å². The van der Waals surface area contributed by atoms with Crippen molar-refractivity contribution in [2.75, 3.05) is 12.1 Å². The van der Waals surface area contributed by atoms with Gasteiger partial charge in [0.05, 0.1) is 11.9 Å². The zero-order valence-electron chi connectivity index (χ0n) is 11.1. The molecule has 1 saturated heterocycles. The van der Waals surface area contributed by atoms with Crippen molar-refractivity contribution in [1.82, 2.24) is 26.3 Å². The van der Waals surface area contributed by atoms with Crippen molar-refractivity contribution in [2.24, 2.45) is 0 Å². The van der Waals surface area contributed by atoms with Crippen molar-refractivity contribution < 1.29 is 9.53 Å². The number of hydrazine groups is 3. The second-order valence-corrected chi connectivity index (χ2v) is 4.77. The highest BCUT2D eigenvalue weighted by atomic mass is 35.5. The molecular weight excluding hydrogens is 296 g/mol. The molecule has 0 spiro atoms. The summed E-state index contributed by atoms with van der Waals surface area (Å²) in [5, 5.41) is 9.82. The third-order valence-electron chi connectivity index (χ3n) is 2.90. The Balaban J connectivity index is 1.86. The fourth-order valence-corrected chi connectivity index (χ4v) is 2.17. The molecule has 9 heteroatoms. The maximum atomic E-state index is 11.9. The number of anilines is 1. The first-order valence-electron chi connectivity index (χ1n) is 6.15. The maximum absolute atomic E-state index is 11.9. The molecule has 0 atom stereocenters. The summed E-state index contributed by atoms with van der Waals surface area (Å²) >= 11 is 6.23. The zero-order chi connectivity index (χ0) is 14.8. The highest BCUT2D eigenvalue weighted by Crippen LogP contribution is 2.28. The van der Waals surface area contributed by atoms with Crippen LogP contribution in [0, 0.1) is 0 Å². The first kappa shape index (κ1) is 13.7. The standard InChI is InChI=1S/C12H13ClN6O2/c1-18-16-12(20)19(17-18)10-4-2-3-9(13)8(10)7-21-11-5-6-14-15-11/h2-6,17H,7H2,1H3,(H,14,15)(H,16,20). The summed E-state index contributed by atoms with van der Waals surface area (Å²) in [6, 6.07) is 6.69. The van der Waals surface area contributed by atoms with Crippen LogP contribution < -0.4 is 20.7 Å². The maximum Gasteiger partial charge on any atom is 0.353 e. The van der Waals surface area contributed by atoms with E-state index in [1.807, 2.05) is 0 Å². The van der Waals surface area contributed by atoms with E-state index in [4.69, 9.17) is 16.3 Å². The minimum absolute atomic E-state index is 0.201. The lowest BCUT2D eigenvalue weighted by Crippen LogP contribution is -2.39. The van der Waals surface area contributed by atoms with Crippen molar-refractivity contribution in [3.8, 4) is 5.88 Å². The van der Waals surface area contributed by atoms with Gasteiger partial charge in [0.1, 0.15) is 6.61 Å². The number of urea groups is 1. The van der Waals surface area contributed by atoms with Gasteiger partial charge >= 0.3 is 6.03 Å². The molecule has 0 aliphatic carbocycles. The molecule has 110 valence electrons. The van der Waals surface area contributed by atoms with Gasteiger partial charge in [0.2, 0.25) is 5.88 Å². The van der Waals surface area contributed by atoms with Gasteiger partial charge in [-0.2, -0.15) is 5.10 Å². The molecule has 1 aromatic carbocycles. The van der Waals surface area contributed by atoms with E-state index >= 15 is 0 Å². The van der Waals surface area contributed by atoms with E-state index in [9.17, 15) is 4.79 Å². The lowest BCUT2D eigenvalue weighted by atomic mass is 10.2. The minimum Gasteiger partial charge on any atom is -0.473 e. The first-order valence-corrected chi connectivity index (χ1v) is 6.53. The number of ether oxygens (including phenoxy) is 1. The Bertz CT molecular complexity index is 647. The highest BCUT2D eigenvalue weighted by Gasteiger charge is 2.28. The van der Waals surface area contributed by atoms with Crippen molar-refractivity contribution >= 4 is 23.3 Å². The summed E-state index contributed by atoms with van der Waals surface area (Å²) < 4.78 is 5.57. The van der Waals surface area contributed by atoms with E-state index in [2.05, 4.69) is 21.2 Å². The van der Waals surface area contributed by atoms with Gasteiger partial charge in [0.25, 0.3) is 0 Å². The Morgan fingerprint density at radius 2 is 2.24 bits per heavy atom. The predicted molar refractivity (Wildman–Crippen MR) is 76.3 cm³/mol. The Morgan fingerprint density at radius 3 is 2.90 bits per heavy atom. The Kier molecular flexibility index (Phi) is 3.65. The fourth-order valence-electron chi connectivity index (χ4n) is 1.95. The largest absolute Gasteiger partial charge is 0.473 e. The van der Waals surface area contributed by atoms with Gasteiger partial charge in [0.15, 0.2) is 0 Å². The number of carbonyl (C=O) groups is 1. The molecule has 1 aliphatic heterocycles. The summed E-state index contributed by atoms with van der Waals surface area (Å²) in [6.07, 6.45) is 1.59. The number of hydrogen-bond acceptors (Lipinski definition) is 5. The van der Waals surface area contributed by atoms with Crippen molar-refractivity contribution in [3.63, 3.8) is 0 Å². The topological polar surface area (TPSA) is 85.5 Å². The summed E-state index contributed by atoms with van der Waals surface area (Å²) in [5.41, 5.74) is 6.74. The van der Waals surface area contributed by atoms with Gasteiger partial charge in [-0.05, 0) is 12.1 Å². The molecule has 1 aliphatic rings. The Morgan fingerprint density at radius 1 is 1.38 bits per heavy atom. The van der Waals surface area contributed by atoms with Gasteiger partial charge in [-0.1, -0.05) is 17.7 Å². The zero-order valence-corrected chi connectivity index (χ0v) is 11.9. The summed E-state index contributed by atoms with van der Waals surface area (Å²) in [5.74, 6) is 0.525. The smallest absolute Gasteiger partial charge is 0.353 e. The molecule has 0 unspecified atom stereocenters. The molecule has 2 aromatic rings. The lowest BCUT2D eigenvalue weighted by molar-refractivity contribution is 0.217. The number of halogens is 1. The van der Waals surface area contributed by atoms with Gasteiger partial charge in [0, 0.05) is 23.7 Å². The van der Waals surface area contributed by atoms with Crippen molar-refractivity contribution in [2.45, 2.75) is 6.61 Å². The van der Waals surface area contributed by atoms with E-state index < -0.39 is 0 Å². The van der Waals surface area contributed by atoms with Gasteiger partial charge in [-0.15, -0.1) is 10.7 Å². The number of aromatic amines is 1. The van der Waals surface area contributed by atoms with Crippen LogP contribution in [0.1, 0.15) is 5.56 Å². The van der Waals surface area contributed by atoms with E-state index in [1.165, 1.54) is 10.1 Å². The average Bonchev–Trinajstić information content (AvgIpc) is 3.07. The molecule has 1 aromatic heterocycles. The molecular formula is C12H13ClN6O2. The van der Waals surface area contributed by atoms with Crippen molar-refractivity contribution in [3.05, 3.63) is 41.0 Å². The third-order valence-corrected chi connectivity index (χ3v) is 3.25. The van der Waals surface area contributed by atoms with Crippen LogP contribution in [0.5, 0.6) is 5.88 Å². The number of nitrogens with one attached hydrogen (secondary N) is 3. The van der Waals surface area contributed by atoms with Crippen LogP contribution in [-0.4, -0.2) is 28.4 Å². The number of rotatable bonds is 4. The number of carbonyl (C=O) groups excluding carboxylic acids is 1. The molecule has 3 rings (SSSR count). The molecule has 0 radical (unpaired) electrons. The van der Waals surface area contributed by atoms with Gasteiger partial charge < -0.3 is 4.74 Å². The van der Waals surface area contributed by atoms with Gasteiger partial charge in [-0.3, -0.25) is 5.43 Å². The minimum atomic E-state index is -0.303. The second kappa shape index (κ2) is 5.60. The van der Waals surface area contributed by atoms with E-state index in [-0.39, 0.29) is 12.6 Å². The molecule has 1 fully saturated rings. The third kappa shape index (κ3) is 2.77. The number of aromatic nitrogens is 2. The number of nitrogens with zero attached hydrogens (tertiary/aromatic N) is 3. The molecule has 0 saturated carbocycles. The SMILES string of the molecule is CN1NC(=O)N(c2cccc(Cl)c2COc2ccn[nH]2)N1. The predicted octanol–water partition coefficient (Wildman–Crippen LogP) is 1.44. The van der Waals surface area contributed by atoms with Gasteiger partial charge in [-0.25, -0.2) is 14.9 Å². The van der Waals surface area contributed by atoms with Crippen LogP contribution in [0.25, 0.3) is 0 Å². The second-order valence-electron chi connectivity index (χ2n) is 4.36. The molecule has 8 nitrogen and oxygen atoms in total. The lowest BCUT2D eigenvalue weighted by Gasteiger charge is -2.19. The average molecular weight is 309 g/mol. The Hall–Kier alpha value is -2.29. The van der Waals surface area contributed by atoms with Crippen LogP contribution in [0.3, 0.4) is 0 Å². The molecule has 21 heavy (non-hydrogen) atoms. The molecule has 0 bridgehead atoms. The van der Waals surface area contributed by atoms with Crippen LogP contribution in [0.4, 0.5) is 10.5 Å². The monoisotopic (exact) mass is 308 g/mol. The molecule has 2 amide bonds. The van der Waals surface area contributed by atoms with Crippen LogP contribution in [-0.2, 0) is 6.61 Å². The van der Waals surface area contributed by atoms with Crippen LogP contribution in [0.15, 0.2) is 30.5 Å². The Labute approximate surface area is 125 Å². The van der Waals surface area contributed by atoms with Crippen molar-refractivity contribution in [1.29, 1.82) is 0 Å². The number of benzene rings is 1. The summed E-state index contributed by atoms with van der Waals surface area (Å²) in [7, 11) is 1.68.